The van der Waals surface area contributed by atoms with E-state index in [0.717, 1.165) is 28.6 Å². The smallest absolute Gasteiger partial charge is 0.250 e. The molecule has 5 nitrogen and oxygen atoms in total. The summed E-state index contributed by atoms with van der Waals surface area (Å²) in [5, 5.41) is 6.20. The van der Waals surface area contributed by atoms with Crippen LogP contribution in [0.4, 0.5) is 5.69 Å². The highest BCUT2D eigenvalue weighted by Gasteiger charge is 2.13. The maximum Gasteiger partial charge on any atom is 0.250 e. The Morgan fingerprint density at radius 2 is 1.94 bits per heavy atom. The van der Waals surface area contributed by atoms with Crippen LogP contribution < -0.4 is 10.6 Å². The fourth-order valence-electron chi connectivity index (χ4n) is 3.41. The van der Waals surface area contributed by atoms with Crippen molar-refractivity contribution in [3.8, 4) is 11.5 Å². The van der Waals surface area contributed by atoms with E-state index in [2.05, 4.69) is 41.6 Å². The number of carbonyl (C=O) groups is 1. The van der Waals surface area contributed by atoms with Crippen LogP contribution in [0.2, 0.25) is 5.02 Å². The van der Waals surface area contributed by atoms with Crippen molar-refractivity contribution >= 4 is 57.7 Å². The minimum absolute atomic E-state index is 0.137. The van der Waals surface area contributed by atoms with Gasteiger partial charge in [0.15, 0.2) is 10.7 Å². The van der Waals surface area contributed by atoms with Crippen LogP contribution in [0, 0.1) is 0 Å². The molecule has 172 valence electrons. The largest absolute Gasteiger partial charge is 0.436 e. The van der Waals surface area contributed by atoms with Crippen molar-refractivity contribution in [1.82, 2.24) is 10.3 Å². The molecule has 1 amide bonds. The molecule has 0 radical (unpaired) electrons. The molecule has 0 saturated carbocycles. The average molecular weight is 490 g/mol. The van der Waals surface area contributed by atoms with Gasteiger partial charge in [0.05, 0.1) is 10.7 Å². The Bertz CT molecular complexity index is 1370. The quantitative estimate of drug-likeness (QED) is 0.221. The Morgan fingerprint density at radius 1 is 1.15 bits per heavy atom. The molecule has 1 aromatic heterocycles. The zero-order valence-corrected chi connectivity index (χ0v) is 20.4. The van der Waals surface area contributed by atoms with Gasteiger partial charge in [-0.3, -0.25) is 10.1 Å². The number of fused-ring (bicyclic) bond motifs is 1. The summed E-state index contributed by atoms with van der Waals surface area (Å²) >= 11 is 11.6. The van der Waals surface area contributed by atoms with Crippen molar-refractivity contribution < 1.29 is 9.21 Å². The zero-order chi connectivity index (χ0) is 24.1. The second-order valence-electron chi connectivity index (χ2n) is 7.94. The van der Waals surface area contributed by atoms with E-state index in [9.17, 15) is 4.79 Å². The minimum atomic E-state index is -0.343. The van der Waals surface area contributed by atoms with Crippen LogP contribution in [-0.4, -0.2) is 16.0 Å². The number of rotatable bonds is 6. The Hall–Kier alpha value is -3.48. The molecule has 0 fully saturated rings. The van der Waals surface area contributed by atoms with E-state index >= 15 is 0 Å². The number of halogens is 1. The Kier molecular flexibility index (Phi) is 7.40. The van der Waals surface area contributed by atoms with E-state index in [0.29, 0.717) is 22.5 Å². The predicted molar refractivity (Wildman–Crippen MR) is 143 cm³/mol. The van der Waals surface area contributed by atoms with E-state index in [1.54, 1.807) is 18.2 Å². The molecule has 0 spiro atoms. The number of aromatic nitrogens is 1. The normalized spacial score (nSPS) is 12.1. The van der Waals surface area contributed by atoms with E-state index in [-0.39, 0.29) is 11.0 Å². The van der Waals surface area contributed by atoms with Crippen LogP contribution >= 0.6 is 23.8 Å². The van der Waals surface area contributed by atoms with Gasteiger partial charge in [-0.05, 0) is 72.1 Å². The lowest BCUT2D eigenvalue weighted by molar-refractivity contribution is -0.115. The van der Waals surface area contributed by atoms with Gasteiger partial charge in [0.1, 0.15) is 5.52 Å². The first-order valence-corrected chi connectivity index (χ1v) is 11.8. The van der Waals surface area contributed by atoms with Gasteiger partial charge in [-0.15, -0.1) is 0 Å². The summed E-state index contributed by atoms with van der Waals surface area (Å²) in [6, 6.07) is 21.0. The van der Waals surface area contributed by atoms with Crippen LogP contribution in [-0.2, 0) is 4.79 Å². The summed E-state index contributed by atoms with van der Waals surface area (Å²) in [6.07, 6.45) is 4.19. The second-order valence-corrected chi connectivity index (χ2v) is 8.75. The van der Waals surface area contributed by atoms with Crippen molar-refractivity contribution in [2.24, 2.45) is 0 Å². The molecule has 0 bridgehead atoms. The highest BCUT2D eigenvalue weighted by atomic mass is 35.5. The minimum Gasteiger partial charge on any atom is -0.436 e. The van der Waals surface area contributed by atoms with Crippen LogP contribution in [0.15, 0.2) is 77.2 Å². The second kappa shape index (κ2) is 10.6. The first-order valence-electron chi connectivity index (χ1n) is 11.0. The SMILES string of the molecule is CC[C@@H](C)c1ccc2oc(-c3ccc(Cl)c(NC(=S)NC(=O)/C=C/c4ccccc4)c3)nc2c1. The Balaban J connectivity index is 1.48. The third kappa shape index (κ3) is 5.71. The van der Waals surface area contributed by atoms with E-state index < -0.39 is 0 Å². The average Bonchev–Trinajstić information content (AvgIpc) is 3.27. The number of hydrogen-bond donors (Lipinski definition) is 2. The summed E-state index contributed by atoms with van der Waals surface area (Å²) in [5.74, 6) is 0.594. The predicted octanol–water partition coefficient (Wildman–Crippen LogP) is 7.19. The number of carbonyl (C=O) groups excluding carboxylic acids is 1. The summed E-state index contributed by atoms with van der Waals surface area (Å²) in [7, 11) is 0. The van der Waals surface area contributed by atoms with Crippen molar-refractivity contribution in [2.75, 3.05) is 5.32 Å². The van der Waals surface area contributed by atoms with Gasteiger partial charge in [0, 0.05) is 11.6 Å². The topological polar surface area (TPSA) is 67.2 Å². The Morgan fingerprint density at radius 3 is 2.71 bits per heavy atom. The third-order valence-corrected chi connectivity index (χ3v) is 6.05. The summed E-state index contributed by atoms with van der Waals surface area (Å²) in [5.41, 5.74) is 4.97. The van der Waals surface area contributed by atoms with Gasteiger partial charge < -0.3 is 9.73 Å². The number of thiocarbonyl (C=S) groups is 1. The maximum atomic E-state index is 12.2. The number of amides is 1. The lowest BCUT2D eigenvalue weighted by Crippen LogP contribution is -2.32. The molecule has 4 aromatic rings. The first-order chi connectivity index (χ1) is 16.4. The molecule has 0 unspecified atom stereocenters. The molecule has 0 aliphatic heterocycles. The molecule has 1 atom stereocenters. The Labute approximate surface area is 208 Å². The first kappa shape index (κ1) is 23.7. The highest BCUT2D eigenvalue weighted by Crippen LogP contribution is 2.31. The van der Waals surface area contributed by atoms with Gasteiger partial charge in [-0.1, -0.05) is 61.8 Å². The fourth-order valence-corrected chi connectivity index (χ4v) is 3.78. The molecule has 7 heteroatoms. The van der Waals surface area contributed by atoms with Crippen LogP contribution in [0.3, 0.4) is 0 Å². The van der Waals surface area contributed by atoms with Gasteiger partial charge in [-0.2, -0.15) is 0 Å². The molecule has 0 aliphatic rings. The van der Waals surface area contributed by atoms with Gasteiger partial charge in [0.25, 0.3) is 0 Å². The van der Waals surface area contributed by atoms with Gasteiger partial charge >= 0.3 is 0 Å². The number of oxazole rings is 1. The molecule has 0 aliphatic carbocycles. The molecular weight excluding hydrogens is 466 g/mol. The fraction of sp³-hybridized carbons (Fsp3) is 0.148. The molecule has 1 heterocycles. The van der Waals surface area contributed by atoms with Crippen LogP contribution in [0.5, 0.6) is 0 Å². The monoisotopic (exact) mass is 489 g/mol. The van der Waals surface area contributed by atoms with Crippen molar-refractivity contribution in [3.05, 3.63) is 89.0 Å². The lowest BCUT2D eigenvalue weighted by Gasteiger charge is -2.10. The van der Waals surface area contributed by atoms with E-state index in [1.165, 1.54) is 11.6 Å². The van der Waals surface area contributed by atoms with Crippen LogP contribution in [0.1, 0.15) is 37.3 Å². The number of benzene rings is 3. The molecule has 3 aromatic carbocycles. The van der Waals surface area contributed by atoms with Crippen molar-refractivity contribution in [2.45, 2.75) is 26.2 Å². The van der Waals surface area contributed by atoms with Crippen LogP contribution in [0.25, 0.3) is 28.6 Å². The van der Waals surface area contributed by atoms with Gasteiger partial charge in [-0.25, -0.2) is 4.98 Å². The molecule has 4 rings (SSSR count). The summed E-state index contributed by atoms with van der Waals surface area (Å²) in [4.78, 5) is 16.9. The molecule has 34 heavy (non-hydrogen) atoms. The maximum absolute atomic E-state index is 12.2. The standard InChI is InChI=1S/C27H24ClN3O2S/c1-3-17(2)19-11-13-24-23(15-19)29-26(33-24)20-10-12-21(28)22(16-20)30-27(34)31-25(32)14-9-18-7-5-4-6-8-18/h4-17H,3H2,1-2H3,(H2,30,31,32,34)/b14-9+/t17-/m1/s1. The highest BCUT2D eigenvalue weighted by molar-refractivity contribution is 7.80. The number of nitrogens with zero attached hydrogens (tertiary/aromatic N) is 1. The van der Waals surface area contributed by atoms with Crippen molar-refractivity contribution in [1.29, 1.82) is 0 Å². The van der Waals surface area contributed by atoms with Gasteiger partial charge in [0.2, 0.25) is 11.8 Å². The summed E-state index contributed by atoms with van der Waals surface area (Å²) < 4.78 is 5.97. The third-order valence-electron chi connectivity index (χ3n) is 5.52. The molecule has 2 N–H and O–H groups in total. The number of anilines is 1. The van der Waals surface area contributed by atoms with Crippen molar-refractivity contribution in [3.63, 3.8) is 0 Å². The summed E-state index contributed by atoms with van der Waals surface area (Å²) in [6.45, 7) is 4.36. The molecular formula is C27H24ClN3O2S. The lowest BCUT2D eigenvalue weighted by atomic mass is 9.98. The number of nitrogens with one attached hydrogen (secondary N) is 2. The zero-order valence-electron chi connectivity index (χ0n) is 18.8. The molecule has 0 saturated heterocycles. The number of hydrogen-bond acceptors (Lipinski definition) is 4. The van der Waals surface area contributed by atoms with E-state index in [1.807, 2.05) is 42.5 Å². The van der Waals surface area contributed by atoms with E-state index in [4.69, 9.17) is 28.2 Å².